The van der Waals surface area contributed by atoms with Crippen LogP contribution in [0, 0.1) is 0 Å². The molecule has 0 radical (unpaired) electrons. The molecule has 1 unspecified atom stereocenters. The van der Waals surface area contributed by atoms with Crippen LogP contribution in [0.1, 0.15) is 0 Å². The minimum atomic E-state index is -0.151. The Morgan fingerprint density at radius 3 is 3.06 bits per heavy atom. The molecule has 1 saturated heterocycles. The Kier molecular flexibility index (Phi) is 3.63. The van der Waals surface area contributed by atoms with Crippen molar-refractivity contribution in [1.29, 1.82) is 0 Å². The highest BCUT2D eigenvalue weighted by molar-refractivity contribution is 5.91. The van der Waals surface area contributed by atoms with E-state index in [-0.39, 0.29) is 17.8 Å². The van der Waals surface area contributed by atoms with Crippen LogP contribution in [-0.2, 0) is 19.0 Å². The number of morpholine rings is 1. The molecule has 2 aliphatic rings. The highest BCUT2D eigenvalue weighted by Crippen LogP contribution is 2.12. The van der Waals surface area contributed by atoms with Gasteiger partial charge in [-0.1, -0.05) is 0 Å². The van der Waals surface area contributed by atoms with Crippen molar-refractivity contribution in [2.45, 2.75) is 6.10 Å². The van der Waals surface area contributed by atoms with Crippen molar-refractivity contribution in [3.63, 3.8) is 0 Å². The van der Waals surface area contributed by atoms with Crippen molar-refractivity contribution in [1.82, 2.24) is 4.90 Å². The van der Waals surface area contributed by atoms with Gasteiger partial charge in [0.1, 0.15) is 19.5 Å². The summed E-state index contributed by atoms with van der Waals surface area (Å²) >= 11 is 0. The van der Waals surface area contributed by atoms with Gasteiger partial charge in [-0.15, -0.1) is 0 Å². The van der Waals surface area contributed by atoms with Crippen LogP contribution in [0.2, 0.25) is 0 Å². The molecule has 2 heterocycles. The van der Waals surface area contributed by atoms with Crippen molar-refractivity contribution < 1.29 is 19.0 Å². The predicted molar refractivity (Wildman–Crippen MR) is 55.4 cm³/mol. The molecule has 0 aliphatic carbocycles. The summed E-state index contributed by atoms with van der Waals surface area (Å²) in [7, 11) is 0. The van der Waals surface area contributed by atoms with E-state index in [1.54, 1.807) is 4.90 Å². The number of carbonyl (C=O) groups is 1. The van der Waals surface area contributed by atoms with Crippen LogP contribution < -0.4 is 5.73 Å². The maximum atomic E-state index is 12.0. The second-order valence-corrected chi connectivity index (χ2v) is 3.68. The quantitative estimate of drug-likeness (QED) is 0.660. The first kappa shape index (κ1) is 11.2. The molecule has 1 amide bonds. The molecular formula is C10H16N2O4. The summed E-state index contributed by atoms with van der Waals surface area (Å²) in [4.78, 5) is 13.7. The van der Waals surface area contributed by atoms with Crippen LogP contribution >= 0.6 is 0 Å². The van der Waals surface area contributed by atoms with Gasteiger partial charge >= 0.3 is 0 Å². The van der Waals surface area contributed by atoms with E-state index in [4.69, 9.17) is 19.9 Å². The molecule has 0 aromatic heterocycles. The molecule has 90 valence electrons. The number of rotatable bonds is 2. The monoisotopic (exact) mass is 228 g/mol. The fourth-order valence-electron chi connectivity index (χ4n) is 1.68. The Bertz CT molecular complexity index is 293. The number of hydrogen-bond donors (Lipinski definition) is 1. The van der Waals surface area contributed by atoms with Crippen molar-refractivity contribution in [2.75, 3.05) is 39.5 Å². The Labute approximate surface area is 93.9 Å². The van der Waals surface area contributed by atoms with Crippen molar-refractivity contribution >= 4 is 5.91 Å². The molecule has 2 aliphatic heterocycles. The fraction of sp³-hybridized carbons (Fsp3) is 0.700. The van der Waals surface area contributed by atoms with Gasteiger partial charge in [0.15, 0.2) is 0 Å². The zero-order chi connectivity index (χ0) is 11.4. The highest BCUT2D eigenvalue weighted by atomic mass is 16.6. The summed E-state index contributed by atoms with van der Waals surface area (Å²) in [6.45, 7) is 2.92. The Morgan fingerprint density at radius 1 is 1.50 bits per heavy atom. The summed E-state index contributed by atoms with van der Waals surface area (Å²) in [5.74, 6) is 0.116. The number of ether oxygens (including phenoxy) is 3. The van der Waals surface area contributed by atoms with Gasteiger partial charge in [0, 0.05) is 19.6 Å². The molecule has 0 saturated carbocycles. The van der Waals surface area contributed by atoms with Gasteiger partial charge in [-0.3, -0.25) is 4.79 Å². The van der Waals surface area contributed by atoms with E-state index in [9.17, 15) is 4.79 Å². The van der Waals surface area contributed by atoms with Crippen LogP contribution in [0.25, 0.3) is 0 Å². The second-order valence-electron chi connectivity index (χ2n) is 3.68. The van der Waals surface area contributed by atoms with Crippen LogP contribution in [0.4, 0.5) is 0 Å². The Hall–Kier alpha value is -1.27. The molecule has 0 spiro atoms. The summed E-state index contributed by atoms with van der Waals surface area (Å²) in [6.07, 6.45) is 1.29. The van der Waals surface area contributed by atoms with Crippen LogP contribution in [0.5, 0.6) is 0 Å². The van der Waals surface area contributed by atoms with E-state index in [2.05, 4.69) is 0 Å². The van der Waals surface area contributed by atoms with Gasteiger partial charge in [-0.25, -0.2) is 0 Å². The normalized spacial score (nSPS) is 25.4. The number of nitrogens with zero attached hydrogens (tertiary/aromatic N) is 1. The zero-order valence-corrected chi connectivity index (χ0v) is 9.05. The molecule has 2 rings (SSSR count). The van der Waals surface area contributed by atoms with Crippen LogP contribution in [-0.4, -0.2) is 56.4 Å². The SMILES string of the molecule is NCC1CN(C(=O)C2=COCCO2)CCO1. The zero-order valence-electron chi connectivity index (χ0n) is 9.05. The molecule has 0 aromatic carbocycles. The molecule has 6 heteroatoms. The summed E-state index contributed by atoms with van der Waals surface area (Å²) in [5.41, 5.74) is 5.51. The van der Waals surface area contributed by atoms with Crippen molar-refractivity contribution in [2.24, 2.45) is 5.73 Å². The smallest absolute Gasteiger partial charge is 0.292 e. The number of carbonyl (C=O) groups excluding carboxylic acids is 1. The Morgan fingerprint density at radius 2 is 2.38 bits per heavy atom. The lowest BCUT2D eigenvalue weighted by Crippen LogP contribution is -2.49. The highest BCUT2D eigenvalue weighted by Gasteiger charge is 2.27. The average Bonchev–Trinajstić information content (AvgIpc) is 2.39. The van der Waals surface area contributed by atoms with Crippen molar-refractivity contribution in [3.8, 4) is 0 Å². The lowest BCUT2D eigenvalue weighted by molar-refractivity contribution is -0.139. The number of nitrogens with two attached hydrogens (primary N) is 1. The van der Waals surface area contributed by atoms with Gasteiger partial charge in [-0.05, 0) is 0 Å². The van der Waals surface area contributed by atoms with Crippen LogP contribution in [0.15, 0.2) is 12.0 Å². The second kappa shape index (κ2) is 5.18. The van der Waals surface area contributed by atoms with E-state index >= 15 is 0 Å². The average molecular weight is 228 g/mol. The lowest BCUT2D eigenvalue weighted by atomic mass is 10.2. The van der Waals surface area contributed by atoms with Crippen molar-refractivity contribution in [3.05, 3.63) is 12.0 Å². The van der Waals surface area contributed by atoms with E-state index < -0.39 is 0 Å². The Balaban J connectivity index is 1.95. The maximum Gasteiger partial charge on any atom is 0.292 e. The third-order valence-electron chi connectivity index (χ3n) is 2.55. The van der Waals surface area contributed by atoms with Gasteiger partial charge in [0.25, 0.3) is 5.91 Å². The number of hydrogen-bond acceptors (Lipinski definition) is 5. The largest absolute Gasteiger partial charge is 0.494 e. The van der Waals surface area contributed by atoms with E-state index in [1.807, 2.05) is 0 Å². The molecule has 6 nitrogen and oxygen atoms in total. The minimum absolute atomic E-state index is 0.0807. The van der Waals surface area contributed by atoms with E-state index in [0.29, 0.717) is 39.5 Å². The molecule has 0 bridgehead atoms. The third-order valence-corrected chi connectivity index (χ3v) is 2.55. The number of amides is 1. The fourth-order valence-corrected chi connectivity index (χ4v) is 1.68. The topological polar surface area (TPSA) is 74.0 Å². The lowest BCUT2D eigenvalue weighted by Gasteiger charge is -2.32. The molecule has 2 N–H and O–H groups in total. The molecule has 1 fully saturated rings. The first-order chi connectivity index (χ1) is 7.81. The van der Waals surface area contributed by atoms with Gasteiger partial charge in [0.2, 0.25) is 5.76 Å². The standard InChI is InChI=1S/C10H16N2O4/c11-5-8-6-12(1-2-15-8)10(13)9-7-14-3-4-16-9/h7-8H,1-6,11H2. The summed E-state index contributed by atoms with van der Waals surface area (Å²) in [6, 6.07) is 0. The molecule has 16 heavy (non-hydrogen) atoms. The third kappa shape index (κ3) is 2.45. The summed E-state index contributed by atoms with van der Waals surface area (Å²) < 4.78 is 15.7. The summed E-state index contributed by atoms with van der Waals surface area (Å²) in [5, 5.41) is 0. The molecular weight excluding hydrogens is 212 g/mol. The first-order valence-corrected chi connectivity index (χ1v) is 5.37. The van der Waals surface area contributed by atoms with Gasteiger partial charge < -0.3 is 24.8 Å². The maximum absolute atomic E-state index is 12.0. The minimum Gasteiger partial charge on any atom is -0.494 e. The van der Waals surface area contributed by atoms with E-state index in [0.717, 1.165) is 0 Å². The van der Waals surface area contributed by atoms with E-state index in [1.165, 1.54) is 6.26 Å². The first-order valence-electron chi connectivity index (χ1n) is 5.37. The van der Waals surface area contributed by atoms with Crippen LogP contribution in [0.3, 0.4) is 0 Å². The molecule has 0 aromatic rings. The molecule has 1 atom stereocenters. The van der Waals surface area contributed by atoms with Gasteiger partial charge in [-0.2, -0.15) is 0 Å². The predicted octanol–water partition coefficient (Wildman–Crippen LogP) is -0.939. The van der Waals surface area contributed by atoms with Gasteiger partial charge in [0.05, 0.1) is 12.7 Å².